The van der Waals surface area contributed by atoms with Gasteiger partial charge in [-0.05, 0) is 18.8 Å². The number of nitrogens with zero attached hydrogens (tertiary/aromatic N) is 3. The first kappa shape index (κ1) is 13.8. The summed E-state index contributed by atoms with van der Waals surface area (Å²) in [5.41, 5.74) is 3.46. The van der Waals surface area contributed by atoms with Crippen molar-refractivity contribution in [3.8, 4) is 0 Å². The Bertz CT molecular complexity index is 605. The molecule has 0 aromatic carbocycles. The molecule has 3 heterocycles. The molecule has 0 unspecified atom stereocenters. The first-order valence-electron chi connectivity index (χ1n) is 7.18. The molecule has 2 aliphatic rings. The maximum absolute atomic E-state index is 12.5. The van der Waals surface area contributed by atoms with Gasteiger partial charge in [0.25, 0.3) is 5.91 Å². The Hall–Kier alpha value is -2.18. The van der Waals surface area contributed by atoms with Crippen molar-refractivity contribution in [2.75, 3.05) is 6.54 Å². The number of carbonyl (C=O) groups is 2. The normalized spacial score (nSPS) is 21.9. The van der Waals surface area contributed by atoms with E-state index in [1.54, 1.807) is 11.2 Å². The lowest BCUT2D eigenvalue weighted by molar-refractivity contribution is -0.126. The van der Waals surface area contributed by atoms with Crippen molar-refractivity contribution >= 4 is 17.5 Å². The Morgan fingerprint density at radius 2 is 2.33 bits per heavy atom. The molecule has 2 amide bonds. The Morgan fingerprint density at radius 3 is 2.95 bits per heavy atom. The van der Waals surface area contributed by atoms with Crippen molar-refractivity contribution in [3.63, 3.8) is 0 Å². The highest BCUT2D eigenvalue weighted by Gasteiger charge is 2.36. The Balaban J connectivity index is 1.78. The van der Waals surface area contributed by atoms with Crippen LogP contribution in [0.15, 0.2) is 15.8 Å². The van der Waals surface area contributed by atoms with Crippen LogP contribution in [0, 0.1) is 0 Å². The summed E-state index contributed by atoms with van der Waals surface area (Å²) in [6.07, 6.45) is 3.41. The van der Waals surface area contributed by atoms with E-state index >= 15 is 0 Å². The van der Waals surface area contributed by atoms with Gasteiger partial charge in [-0.2, -0.15) is 5.10 Å². The molecule has 21 heavy (non-hydrogen) atoms. The molecule has 112 valence electrons. The molecule has 7 nitrogen and oxygen atoms in total. The molecule has 0 radical (unpaired) electrons. The number of rotatable bonds is 3. The van der Waals surface area contributed by atoms with Gasteiger partial charge in [0.05, 0.1) is 12.1 Å². The average molecular weight is 290 g/mol. The fraction of sp³-hybridized carbons (Fsp3) is 0.571. The molecular weight excluding hydrogens is 272 g/mol. The zero-order valence-electron chi connectivity index (χ0n) is 12.1. The first-order chi connectivity index (χ1) is 10.1. The number of carbonyl (C=O) groups excluding carboxylic acids is 2. The molecule has 2 aliphatic heterocycles. The summed E-state index contributed by atoms with van der Waals surface area (Å²) in [6, 6.07) is -0.164. The maximum atomic E-state index is 12.5. The molecule has 0 aliphatic carbocycles. The van der Waals surface area contributed by atoms with Crippen LogP contribution in [0.5, 0.6) is 0 Å². The predicted molar refractivity (Wildman–Crippen MR) is 74.5 cm³/mol. The van der Waals surface area contributed by atoms with Gasteiger partial charge in [-0.25, -0.2) is 10.4 Å². The molecule has 1 N–H and O–H groups in total. The van der Waals surface area contributed by atoms with Crippen LogP contribution < -0.4 is 5.43 Å². The van der Waals surface area contributed by atoms with Crippen LogP contribution in [0.3, 0.4) is 0 Å². The highest BCUT2D eigenvalue weighted by atomic mass is 16.3. The van der Waals surface area contributed by atoms with Gasteiger partial charge in [-0.1, -0.05) is 13.8 Å². The largest absolute Gasteiger partial charge is 0.446 e. The molecule has 1 aromatic heterocycles. The summed E-state index contributed by atoms with van der Waals surface area (Å²) >= 11 is 0. The molecule has 1 aromatic rings. The number of aromatic nitrogens is 1. The van der Waals surface area contributed by atoms with Crippen LogP contribution in [-0.4, -0.2) is 34.0 Å². The standard InChI is InChI=1S/C14H18N4O3/c1-8(2)10-7-21-13(15-10)11-4-3-5-18(11)14(20)9-6-12(19)17-16-9/h7-8,11H,3-6H2,1-2H3,(H,17,19)/t11-/m0/s1. The number of amides is 2. The van der Waals surface area contributed by atoms with E-state index in [-0.39, 0.29) is 35.9 Å². The van der Waals surface area contributed by atoms with E-state index in [1.807, 2.05) is 13.8 Å². The van der Waals surface area contributed by atoms with E-state index in [4.69, 9.17) is 4.42 Å². The number of likely N-dealkylation sites (tertiary alicyclic amines) is 1. The molecule has 0 bridgehead atoms. The van der Waals surface area contributed by atoms with Crippen LogP contribution in [0.2, 0.25) is 0 Å². The summed E-state index contributed by atoms with van der Waals surface area (Å²) in [7, 11) is 0. The highest BCUT2D eigenvalue weighted by molar-refractivity contribution is 6.43. The van der Waals surface area contributed by atoms with Crippen molar-refractivity contribution in [2.45, 2.75) is 45.1 Å². The summed E-state index contributed by atoms with van der Waals surface area (Å²) in [5, 5.41) is 3.80. The van der Waals surface area contributed by atoms with Crippen LogP contribution in [-0.2, 0) is 9.59 Å². The minimum absolute atomic E-state index is 0.0465. The quantitative estimate of drug-likeness (QED) is 0.909. The molecule has 1 fully saturated rings. The zero-order valence-corrected chi connectivity index (χ0v) is 12.1. The molecule has 7 heteroatoms. The van der Waals surface area contributed by atoms with Crippen molar-refractivity contribution in [3.05, 3.63) is 17.8 Å². The number of hydrogen-bond donors (Lipinski definition) is 1. The molecule has 1 saturated heterocycles. The summed E-state index contributed by atoms with van der Waals surface area (Å²) in [4.78, 5) is 29.8. The Morgan fingerprint density at radius 1 is 1.52 bits per heavy atom. The Labute approximate surface area is 122 Å². The van der Waals surface area contributed by atoms with E-state index in [1.165, 1.54) is 0 Å². The third kappa shape index (κ3) is 2.55. The number of oxazole rings is 1. The smallest absolute Gasteiger partial charge is 0.271 e. The summed E-state index contributed by atoms with van der Waals surface area (Å²) in [6.45, 7) is 4.73. The van der Waals surface area contributed by atoms with Gasteiger partial charge in [0.1, 0.15) is 18.0 Å². The van der Waals surface area contributed by atoms with Crippen LogP contribution in [0.4, 0.5) is 0 Å². The molecule has 0 spiro atoms. The van der Waals surface area contributed by atoms with Gasteiger partial charge in [0.15, 0.2) is 0 Å². The van der Waals surface area contributed by atoms with Gasteiger partial charge >= 0.3 is 0 Å². The maximum Gasteiger partial charge on any atom is 0.271 e. The fourth-order valence-corrected chi connectivity index (χ4v) is 2.64. The first-order valence-corrected chi connectivity index (χ1v) is 7.18. The van der Waals surface area contributed by atoms with Crippen LogP contribution in [0.1, 0.15) is 56.7 Å². The summed E-state index contributed by atoms with van der Waals surface area (Å²) < 4.78 is 5.55. The monoisotopic (exact) mass is 290 g/mol. The fourth-order valence-electron chi connectivity index (χ4n) is 2.64. The SMILES string of the molecule is CC(C)c1coc([C@@H]2CCCN2C(=O)C2=NNC(=O)C2)n1. The van der Waals surface area contributed by atoms with Gasteiger partial charge in [0.2, 0.25) is 11.8 Å². The van der Waals surface area contributed by atoms with E-state index in [0.717, 1.165) is 18.5 Å². The second-order valence-electron chi connectivity index (χ2n) is 5.69. The average Bonchev–Trinajstić information content (AvgIpc) is 3.17. The number of hydrazone groups is 1. The van der Waals surface area contributed by atoms with E-state index in [9.17, 15) is 9.59 Å². The number of hydrogen-bond acceptors (Lipinski definition) is 5. The number of nitrogens with one attached hydrogen (secondary N) is 1. The van der Waals surface area contributed by atoms with Crippen LogP contribution >= 0.6 is 0 Å². The minimum Gasteiger partial charge on any atom is -0.446 e. The van der Waals surface area contributed by atoms with Crippen LogP contribution in [0.25, 0.3) is 0 Å². The zero-order chi connectivity index (χ0) is 15.0. The molecular formula is C14H18N4O3. The van der Waals surface area contributed by atoms with Crippen molar-refractivity contribution in [1.29, 1.82) is 0 Å². The Kier molecular flexibility index (Phi) is 3.48. The summed E-state index contributed by atoms with van der Waals surface area (Å²) in [5.74, 6) is 0.406. The van der Waals surface area contributed by atoms with Crippen molar-refractivity contribution in [2.24, 2.45) is 5.10 Å². The minimum atomic E-state index is -0.243. The van der Waals surface area contributed by atoms with Gasteiger partial charge < -0.3 is 9.32 Å². The lowest BCUT2D eigenvalue weighted by Gasteiger charge is -2.21. The van der Waals surface area contributed by atoms with E-state index < -0.39 is 0 Å². The topological polar surface area (TPSA) is 87.8 Å². The third-order valence-corrected chi connectivity index (χ3v) is 3.82. The lowest BCUT2D eigenvalue weighted by atomic mass is 10.1. The second kappa shape index (κ2) is 5.31. The molecule has 0 saturated carbocycles. The lowest BCUT2D eigenvalue weighted by Crippen LogP contribution is -2.35. The highest BCUT2D eigenvalue weighted by Crippen LogP contribution is 2.32. The molecule has 3 rings (SSSR count). The van der Waals surface area contributed by atoms with E-state index in [0.29, 0.717) is 12.4 Å². The van der Waals surface area contributed by atoms with E-state index in [2.05, 4.69) is 15.5 Å². The van der Waals surface area contributed by atoms with Crippen molar-refractivity contribution in [1.82, 2.24) is 15.3 Å². The third-order valence-electron chi connectivity index (χ3n) is 3.82. The second-order valence-corrected chi connectivity index (χ2v) is 5.69. The van der Waals surface area contributed by atoms with Gasteiger partial charge in [-0.15, -0.1) is 0 Å². The predicted octanol–water partition coefficient (Wildman–Crippen LogP) is 1.34. The van der Waals surface area contributed by atoms with Gasteiger partial charge in [-0.3, -0.25) is 9.59 Å². The van der Waals surface area contributed by atoms with Gasteiger partial charge in [0, 0.05) is 6.54 Å². The molecule has 1 atom stereocenters. The van der Waals surface area contributed by atoms with Crippen molar-refractivity contribution < 1.29 is 14.0 Å².